The lowest BCUT2D eigenvalue weighted by atomic mass is 10.1. The van der Waals surface area contributed by atoms with E-state index in [4.69, 9.17) is 15.6 Å². The molecule has 1 heterocycles. The third-order valence-corrected chi connectivity index (χ3v) is 2.66. The number of hydrogen-bond acceptors (Lipinski definition) is 4. The van der Waals surface area contributed by atoms with Crippen LogP contribution in [0.15, 0.2) is 0 Å². The Balaban J connectivity index is 2.38. The van der Waals surface area contributed by atoms with E-state index in [1.165, 1.54) is 0 Å². The van der Waals surface area contributed by atoms with E-state index in [0.717, 1.165) is 6.42 Å². The molecule has 0 aliphatic carbocycles. The summed E-state index contributed by atoms with van der Waals surface area (Å²) in [5.41, 5.74) is 5.72. The molecular weight excluding hydrogens is 196 g/mol. The van der Waals surface area contributed by atoms with Crippen LogP contribution in [0.25, 0.3) is 0 Å². The summed E-state index contributed by atoms with van der Waals surface area (Å²) >= 11 is 0. The zero-order valence-corrected chi connectivity index (χ0v) is 9.19. The second-order valence-electron chi connectivity index (χ2n) is 3.89. The number of carbonyl (C=O) groups is 1. The van der Waals surface area contributed by atoms with Crippen molar-refractivity contribution in [3.8, 4) is 0 Å². The summed E-state index contributed by atoms with van der Waals surface area (Å²) < 4.78 is 5.26. The van der Waals surface area contributed by atoms with Crippen LogP contribution in [-0.4, -0.2) is 54.4 Å². The highest BCUT2D eigenvalue weighted by molar-refractivity contribution is 5.76. The quantitative estimate of drug-likeness (QED) is 0.653. The summed E-state index contributed by atoms with van der Waals surface area (Å²) in [6.45, 7) is 3.51. The standard InChI is InChI=1S/C10H20N2O3/c1-2-8(11)5-10(14)12-3-4-15-9(6-12)7-13/h8-9,13H,2-7,11H2,1H3. The normalized spacial score (nSPS) is 23.9. The molecule has 1 rings (SSSR count). The van der Waals surface area contributed by atoms with Gasteiger partial charge in [0.05, 0.1) is 19.3 Å². The monoisotopic (exact) mass is 216 g/mol. The van der Waals surface area contributed by atoms with Crippen LogP contribution in [0.3, 0.4) is 0 Å². The number of nitrogens with zero attached hydrogens (tertiary/aromatic N) is 1. The molecule has 1 fully saturated rings. The number of morpholine rings is 1. The van der Waals surface area contributed by atoms with Gasteiger partial charge in [0.15, 0.2) is 0 Å². The molecule has 0 aromatic heterocycles. The van der Waals surface area contributed by atoms with Gasteiger partial charge >= 0.3 is 0 Å². The number of nitrogens with two attached hydrogens (primary N) is 1. The number of hydrogen-bond donors (Lipinski definition) is 2. The molecule has 5 heteroatoms. The molecule has 3 N–H and O–H groups in total. The van der Waals surface area contributed by atoms with Gasteiger partial charge in [-0.25, -0.2) is 0 Å². The van der Waals surface area contributed by atoms with Crippen molar-refractivity contribution in [2.24, 2.45) is 5.73 Å². The van der Waals surface area contributed by atoms with Crippen molar-refractivity contribution in [2.75, 3.05) is 26.3 Å². The van der Waals surface area contributed by atoms with Gasteiger partial charge in [-0.1, -0.05) is 6.92 Å². The molecule has 1 aliphatic heterocycles. The number of aliphatic hydroxyl groups is 1. The van der Waals surface area contributed by atoms with Crippen molar-refractivity contribution in [3.63, 3.8) is 0 Å². The van der Waals surface area contributed by atoms with Crippen molar-refractivity contribution in [3.05, 3.63) is 0 Å². The molecule has 0 aromatic carbocycles. The summed E-state index contributed by atoms with van der Waals surface area (Å²) in [7, 11) is 0. The zero-order chi connectivity index (χ0) is 11.3. The van der Waals surface area contributed by atoms with Crippen molar-refractivity contribution < 1.29 is 14.6 Å². The van der Waals surface area contributed by atoms with Gasteiger partial charge in [0.1, 0.15) is 0 Å². The topological polar surface area (TPSA) is 75.8 Å². The van der Waals surface area contributed by atoms with Crippen molar-refractivity contribution >= 4 is 5.91 Å². The molecule has 0 aromatic rings. The minimum Gasteiger partial charge on any atom is -0.394 e. The molecule has 1 saturated heterocycles. The van der Waals surface area contributed by atoms with Crippen LogP contribution >= 0.6 is 0 Å². The first-order valence-corrected chi connectivity index (χ1v) is 5.43. The van der Waals surface area contributed by atoms with Gasteiger partial charge in [-0.2, -0.15) is 0 Å². The van der Waals surface area contributed by atoms with Gasteiger partial charge in [0.2, 0.25) is 5.91 Å². The minimum absolute atomic E-state index is 0.0381. The van der Waals surface area contributed by atoms with Crippen molar-refractivity contribution in [2.45, 2.75) is 31.9 Å². The van der Waals surface area contributed by atoms with Crippen LogP contribution in [0.4, 0.5) is 0 Å². The van der Waals surface area contributed by atoms with Gasteiger partial charge in [0.25, 0.3) is 0 Å². The highest BCUT2D eigenvalue weighted by Crippen LogP contribution is 2.07. The molecule has 0 bridgehead atoms. The molecule has 88 valence electrons. The van der Waals surface area contributed by atoms with Gasteiger partial charge < -0.3 is 20.5 Å². The van der Waals surface area contributed by atoms with E-state index in [2.05, 4.69) is 0 Å². The number of rotatable bonds is 4. The molecule has 2 atom stereocenters. The highest BCUT2D eigenvalue weighted by Gasteiger charge is 2.24. The van der Waals surface area contributed by atoms with Crippen LogP contribution in [-0.2, 0) is 9.53 Å². The second kappa shape index (κ2) is 6.05. The summed E-state index contributed by atoms with van der Waals surface area (Å²) in [5.74, 6) is 0.0612. The zero-order valence-electron chi connectivity index (χ0n) is 9.19. The smallest absolute Gasteiger partial charge is 0.224 e. The number of ether oxygens (including phenoxy) is 1. The molecule has 1 amide bonds. The van der Waals surface area contributed by atoms with Crippen molar-refractivity contribution in [1.82, 2.24) is 4.90 Å². The SMILES string of the molecule is CCC(N)CC(=O)N1CCOC(CO)C1. The molecule has 15 heavy (non-hydrogen) atoms. The molecule has 5 nitrogen and oxygen atoms in total. The third-order valence-electron chi connectivity index (χ3n) is 2.66. The van der Waals surface area contributed by atoms with E-state index in [-0.39, 0.29) is 24.7 Å². The first-order valence-electron chi connectivity index (χ1n) is 5.43. The maximum atomic E-state index is 11.7. The fraction of sp³-hybridized carbons (Fsp3) is 0.900. The number of amides is 1. The lowest BCUT2D eigenvalue weighted by Gasteiger charge is -2.32. The maximum Gasteiger partial charge on any atom is 0.224 e. The molecule has 0 spiro atoms. The first kappa shape index (κ1) is 12.4. The highest BCUT2D eigenvalue weighted by atomic mass is 16.5. The third kappa shape index (κ3) is 3.77. The Morgan fingerprint density at radius 2 is 2.47 bits per heavy atom. The minimum atomic E-state index is -0.236. The number of aliphatic hydroxyl groups excluding tert-OH is 1. The van der Waals surface area contributed by atoms with Gasteiger partial charge in [-0.15, -0.1) is 0 Å². The van der Waals surface area contributed by atoms with E-state index in [1.54, 1.807) is 4.90 Å². The van der Waals surface area contributed by atoms with Crippen LogP contribution < -0.4 is 5.73 Å². The van der Waals surface area contributed by atoms with Crippen LogP contribution in [0.5, 0.6) is 0 Å². The predicted molar refractivity (Wildman–Crippen MR) is 56.3 cm³/mol. The first-order chi connectivity index (χ1) is 7.17. The fourth-order valence-electron chi connectivity index (χ4n) is 1.55. The lowest BCUT2D eigenvalue weighted by Crippen LogP contribution is -2.48. The average Bonchev–Trinajstić information content (AvgIpc) is 2.28. The largest absolute Gasteiger partial charge is 0.394 e. The Hall–Kier alpha value is -0.650. The average molecular weight is 216 g/mol. The summed E-state index contributed by atoms with van der Waals surface area (Å²) in [4.78, 5) is 13.5. The molecule has 0 radical (unpaired) electrons. The van der Waals surface area contributed by atoms with Gasteiger partial charge in [0, 0.05) is 25.6 Å². The Morgan fingerprint density at radius 3 is 3.07 bits per heavy atom. The summed E-state index contributed by atoms with van der Waals surface area (Å²) in [6, 6.07) is -0.0621. The predicted octanol–water partition coefficient (Wildman–Crippen LogP) is -0.666. The Bertz CT molecular complexity index is 211. The van der Waals surface area contributed by atoms with Crippen LogP contribution in [0, 0.1) is 0 Å². The van der Waals surface area contributed by atoms with Gasteiger partial charge in [-0.3, -0.25) is 4.79 Å². The second-order valence-corrected chi connectivity index (χ2v) is 3.89. The van der Waals surface area contributed by atoms with E-state index >= 15 is 0 Å². The Labute approximate surface area is 90.2 Å². The molecule has 1 aliphatic rings. The van der Waals surface area contributed by atoms with E-state index < -0.39 is 0 Å². The maximum absolute atomic E-state index is 11.7. The molecule has 2 unspecified atom stereocenters. The van der Waals surface area contributed by atoms with E-state index in [9.17, 15) is 4.79 Å². The summed E-state index contributed by atoms with van der Waals surface area (Å²) in [6.07, 6.45) is 0.953. The molecule has 0 saturated carbocycles. The van der Waals surface area contributed by atoms with Crippen LogP contribution in [0.2, 0.25) is 0 Å². The molecular formula is C10H20N2O3. The van der Waals surface area contributed by atoms with E-state index in [1.807, 2.05) is 6.92 Å². The summed E-state index contributed by atoms with van der Waals surface area (Å²) in [5, 5.41) is 8.93. The Morgan fingerprint density at radius 1 is 1.73 bits per heavy atom. The van der Waals surface area contributed by atoms with Gasteiger partial charge in [-0.05, 0) is 6.42 Å². The fourth-order valence-corrected chi connectivity index (χ4v) is 1.55. The van der Waals surface area contributed by atoms with E-state index in [0.29, 0.717) is 26.1 Å². The van der Waals surface area contributed by atoms with Crippen molar-refractivity contribution in [1.29, 1.82) is 0 Å². The number of carbonyl (C=O) groups excluding carboxylic acids is 1. The van der Waals surface area contributed by atoms with Crippen LogP contribution in [0.1, 0.15) is 19.8 Å². The lowest BCUT2D eigenvalue weighted by molar-refractivity contribution is -0.140. The Kier molecular flexibility index (Phi) is 5.01.